The molecule has 0 spiro atoms. The SMILES string of the molecule is CCN1C(=O)/C(=C\c2ccc(N(CC)CC)cc2)OC1=NC(C)C1CCNC1. The van der Waals surface area contributed by atoms with Gasteiger partial charge in [-0.15, -0.1) is 0 Å². The van der Waals surface area contributed by atoms with Crippen LogP contribution in [-0.2, 0) is 9.53 Å². The number of carbonyl (C=O) groups excluding carboxylic acids is 1. The van der Waals surface area contributed by atoms with E-state index >= 15 is 0 Å². The number of aliphatic imine (C=N–C) groups is 1. The predicted molar refractivity (Wildman–Crippen MR) is 114 cm³/mol. The van der Waals surface area contributed by atoms with Crippen LogP contribution in [0.5, 0.6) is 0 Å². The third-order valence-corrected chi connectivity index (χ3v) is 5.62. The van der Waals surface area contributed by atoms with Crippen LogP contribution in [0.3, 0.4) is 0 Å². The average Bonchev–Trinajstić information content (AvgIpc) is 3.33. The summed E-state index contributed by atoms with van der Waals surface area (Å²) in [6.45, 7) is 12.8. The van der Waals surface area contributed by atoms with Gasteiger partial charge in [0.05, 0.1) is 6.04 Å². The number of likely N-dealkylation sites (N-methyl/N-ethyl adjacent to an activating group) is 1. The molecule has 2 unspecified atom stereocenters. The van der Waals surface area contributed by atoms with Gasteiger partial charge in [-0.1, -0.05) is 12.1 Å². The molecule has 2 aliphatic rings. The molecule has 2 fully saturated rings. The highest BCUT2D eigenvalue weighted by atomic mass is 16.5. The molecule has 0 radical (unpaired) electrons. The Bertz CT molecular complexity index is 731. The van der Waals surface area contributed by atoms with Crippen LogP contribution in [0.15, 0.2) is 35.0 Å². The van der Waals surface area contributed by atoms with Crippen LogP contribution in [0.1, 0.15) is 39.7 Å². The van der Waals surface area contributed by atoms with Crippen LogP contribution in [0.4, 0.5) is 5.69 Å². The standard InChI is InChI=1S/C22H32N4O2/c1-5-25(6-2)19-10-8-17(9-11-19)14-20-21(27)26(7-3)22(28-20)24-16(4)18-12-13-23-15-18/h8-11,14,16,18,23H,5-7,12-13,15H2,1-4H3/b20-14+,24-22?. The Kier molecular flexibility index (Phi) is 6.73. The molecule has 6 nitrogen and oxygen atoms in total. The van der Waals surface area contributed by atoms with Crippen molar-refractivity contribution in [2.75, 3.05) is 37.6 Å². The van der Waals surface area contributed by atoms with Crippen LogP contribution in [-0.4, -0.2) is 55.6 Å². The van der Waals surface area contributed by atoms with Gasteiger partial charge in [0.25, 0.3) is 5.91 Å². The van der Waals surface area contributed by atoms with E-state index in [0.717, 1.165) is 38.2 Å². The minimum atomic E-state index is -0.120. The fourth-order valence-corrected chi connectivity index (χ4v) is 3.77. The summed E-state index contributed by atoms with van der Waals surface area (Å²) in [6, 6.07) is 8.77. The van der Waals surface area contributed by atoms with Gasteiger partial charge in [0.1, 0.15) is 0 Å². The molecule has 0 bridgehead atoms. The number of rotatable bonds is 7. The van der Waals surface area contributed by atoms with Crippen molar-refractivity contribution < 1.29 is 9.53 Å². The highest BCUT2D eigenvalue weighted by Crippen LogP contribution is 2.24. The molecule has 152 valence electrons. The highest BCUT2D eigenvalue weighted by molar-refractivity contribution is 6.11. The van der Waals surface area contributed by atoms with E-state index in [1.807, 2.05) is 19.1 Å². The van der Waals surface area contributed by atoms with E-state index in [-0.39, 0.29) is 11.9 Å². The lowest BCUT2D eigenvalue weighted by molar-refractivity contribution is -0.122. The van der Waals surface area contributed by atoms with Crippen molar-refractivity contribution in [1.82, 2.24) is 10.2 Å². The number of anilines is 1. The van der Waals surface area contributed by atoms with Gasteiger partial charge in [0.2, 0.25) is 0 Å². The zero-order valence-electron chi connectivity index (χ0n) is 17.4. The molecule has 2 atom stereocenters. The number of hydrogen-bond acceptors (Lipinski definition) is 5. The van der Waals surface area contributed by atoms with E-state index in [1.165, 1.54) is 5.69 Å². The van der Waals surface area contributed by atoms with Gasteiger partial charge < -0.3 is 15.0 Å². The van der Waals surface area contributed by atoms with E-state index in [4.69, 9.17) is 9.73 Å². The van der Waals surface area contributed by atoms with E-state index in [2.05, 4.69) is 43.1 Å². The first kappa shape index (κ1) is 20.4. The Morgan fingerprint density at radius 3 is 2.57 bits per heavy atom. The lowest BCUT2D eigenvalue weighted by Gasteiger charge is -2.20. The lowest BCUT2D eigenvalue weighted by atomic mass is 10.0. The van der Waals surface area contributed by atoms with Crippen LogP contribution in [0.25, 0.3) is 6.08 Å². The summed E-state index contributed by atoms with van der Waals surface area (Å²) in [5.74, 6) is 0.712. The summed E-state index contributed by atoms with van der Waals surface area (Å²) >= 11 is 0. The lowest BCUT2D eigenvalue weighted by Crippen LogP contribution is -2.31. The first-order valence-corrected chi connectivity index (χ1v) is 10.4. The third kappa shape index (κ3) is 4.38. The van der Waals surface area contributed by atoms with Crippen molar-refractivity contribution in [2.45, 2.75) is 40.2 Å². The molecule has 0 aliphatic carbocycles. The average molecular weight is 385 g/mol. The van der Waals surface area contributed by atoms with Gasteiger partial charge in [0.15, 0.2) is 5.76 Å². The molecule has 3 rings (SSSR count). The Morgan fingerprint density at radius 2 is 2.00 bits per heavy atom. The number of carbonyl (C=O) groups is 1. The summed E-state index contributed by atoms with van der Waals surface area (Å²) in [5.41, 5.74) is 2.13. The monoisotopic (exact) mass is 384 g/mol. The molecule has 2 heterocycles. The minimum absolute atomic E-state index is 0.120. The number of nitrogens with zero attached hydrogens (tertiary/aromatic N) is 3. The molecule has 28 heavy (non-hydrogen) atoms. The van der Waals surface area contributed by atoms with Crippen molar-refractivity contribution in [3.63, 3.8) is 0 Å². The van der Waals surface area contributed by atoms with Crippen molar-refractivity contribution in [3.8, 4) is 0 Å². The second-order valence-electron chi connectivity index (χ2n) is 7.33. The zero-order valence-corrected chi connectivity index (χ0v) is 17.4. The maximum absolute atomic E-state index is 12.8. The number of nitrogens with one attached hydrogen (secondary N) is 1. The van der Waals surface area contributed by atoms with Gasteiger partial charge in [-0.05, 0) is 70.4 Å². The van der Waals surface area contributed by atoms with E-state index in [0.29, 0.717) is 24.2 Å². The van der Waals surface area contributed by atoms with E-state index < -0.39 is 0 Å². The minimum Gasteiger partial charge on any atom is -0.420 e. The molecule has 1 aromatic rings. The van der Waals surface area contributed by atoms with Crippen LogP contribution >= 0.6 is 0 Å². The summed E-state index contributed by atoms with van der Waals surface area (Å²) in [7, 11) is 0. The number of amidine groups is 1. The first-order chi connectivity index (χ1) is 13.6. The topological polar surface area (TPSA) is 57.2 Å². The summed E-state index contributed by atoms with van der Waals surface area (Å²) in [5, 5.41) is 3.37. The first-order valence-electron chi connectivity index (χ1n) is 10.4. The van der Waals surface area contributed by atoms with Crippen LogP contribution < -0.4 is 10.2 Å². The predicted octanol–water partition coefficient (Wildman–Crippen LogP) is 3.11. The molecule has 2 aliphatic heterocycles. The Hall–Kier alpha value is -2.34. The molecule has 2 saturated heterocycles. The largest absolute Gasteiger partial charge is 0.420 e. The summed E-state index contributed by atoms with van der Waals surface area (Å²) < 4.78 is 5.89. The van der Waals surface area contributed by atoms with E-state index in [9.17, 15) is 4.79 Å². The summed E-state index contributed by atoms with van der Waals surface area (Å²) in [4.78, 5) is 21.4. The fraction of sp³-hybridized carbons (Fsp3) is 0.545. The number of benzene rings is 1. The van der Waals surface area contributed by atoms with Crippen molar-refractivity contribution in [1.29, 1.82) is 0 Å². The normalized spacial score (nSPS) is 23.5. The van der Waals surface area contributed by atoms with Crippen LogP contribution in [0.2, 0.25) is 0 Å². The quantitative estimate of drug-likeness (QED) is 0.734. The van der Waals surface area contributed by atoms with Crippen molar-refractivity contribution in [3.05, 3.63) is 35.6 Å². The maximum atomic E-state index is 12.8. The number of amides is 1. The number of hydrogen-bond donors (Lipinski definition) is 1. The third-order valence-electron chi connectivity index (χ3n) is 5.62. The molecular weight excluding hydrogens is 352 g/mol. The fourth-order valence-electron chi connectivity index (χ4n) is 3.77. The van der Waals surface area contributed by atoms with Crippen molar-refractivity contribution in [2.24, 2.45) is 10.9 Å². The molecule has 1 aromatic carbocycles. The molecule has 1 N–H and O–H groups in total. The van der Waals surface area contributed by atoms with Gasteiger partial charge in [0, 0.05) is 31.9 Å². The van der Waals surface area contributed by atoms with Gasteiger partial charge in [-0.3, -0.25) is 9.69 Å². The number of ether oxygens (including phenoxy) is 1. The molecule has 6 heteroatoms. The summed E-state index contributed by atoms with van der Waals surface area (Å²) in [6.07, 6.45) is 2.92. The molecule has 0 aromatic heterocycles. The Morgan fingerprint density at radius 1 is 1.29 bits per heavy atom. The molecular formula is C22H32N4O2. The molecule has 0 saturated carbocycles. The molecule has 1 amide bonds. The zero-order chi connectivity index (χ0) is 20.1. The van der Waals surface area contributed by atoms with Gasteiger partial charge in [-0.25, -0.2) is 4.99 Å². The van der Waals surface area contributed by atoms with Gasteiger partial charge >= 0.3 is 6.02 Å². The van der Waals surface area contributed by atoms with Crippen molar-refractivity contribution >= 4 is 23.7 Å². The second-order valence-corrected chi connectivity index (χ2v) is 7.33. The Balaban J connectivity index is 1.77. The van der Waals surface area contributed by atoms with Gasteiger partial charge in [-0.2, -0.15) is 0 Å². The van der Waals surface area contributed by atoms with Crippen LogP contribution in [0, 0.1) is 5.92 Å². The highest BCUT2D eigenvalue weighted by Gasteiger charge is 2.34. The second kappa shape index (κ2) is 9.24. The van der Waals surface area contributed by atoms with E-state index in [1.54, 1.807) is 11.0 Å². The smallest absolute Gasteiger partial charge is 0.300 e. The Labute approximate surface area is 168 Å². The maximum Gasteiger partial charge on any atom is 0.300 e.